The van der Waals surface area contributed by atoms with Crippen LogP contribution in [-0.4, -0.2) is 75.0 Å². The first-order valence-electron chi connectivity index (χ1n) is 9.28. The molecule has 1 aliphatic heterocycles. The highest BCUT2D eigenvalue weighted by molar-refractivity contribution is 9.10. The Balaban J connectivity index is 1.88. The zero-order valence-electron chi connectivity index (χ0n) is 16.9. The van der Waals surface area contributed by atoms with Gasteiger partial charge in [0.05, 0.1) is 22.2 Å². The highest BCUT2D eigenvalue weighted by Gasteiger charge is 2.43. The lowest BCUT2D eigenvalue weighted by atomic mass is 10.1. The normalized spacial score (nSPS) is 15.0. The molecule has 3 rings (SSSR count). The monoisotopic (exact) mass is 507 g/mol. The van der Waals surface area contributed by atoms with E-state index >= 15 is 0 Å². The number of amides is 1. The van der Waals surface area contributed by atoms with E-state index in [2.05, 4.69) is 36.2 Å². The molecule has 0 saturated heterocycles. The minimum absolute atomic E-state index is 0.0936. The third-order valence-electron chi connectivity index (χ3n) is 4.28. The van der Waals surface area contributed by atoms with Crippen molar-refractivity contribution >= 4 is 62.4 Å². The Morgan fingerprint density at radius 3 is 2.41 bits per heavy atom. The van der Waals surface area contributed by atoms with Gasteiger partial charge in [-0.05, 0) is 28.1 Å². The molecule has 13 heteroatoms. The van der Waals surface area contributed by atoms with Crippen molar-refractivity contribution in [1.82, 2.24) is 14.9 Å². The number of anilines is 1. The number of aliphatic imine (C=N–C) groups is 1. The first-order chi connectivity index (χ1) is 15.2. The molecule has 2 aromatic rings. The van der Waals surface area contributed by atoms with Crippen LogP contribution in [0.5, 0.6) is 0 Å². The van der Waals surface area contributed by atoms with Crippen molar-refractivity contribution in [3.05, 3.63) is 29.0 Å². The van der Waals surface area contributed by atoms with Gasteiger partial charge in [0.1, 0.15) is 5.52 Å². The average molecular weight is 508 g/mol. The number of carbonyl (C=O) groups excluding carboxylic acids is 3. The molecule has 0 bridgehead atoms. The second-order valence-electron chi connectivity index (χ2n) is 6.57. The number of esters is 2. The number of guanidine groups is 1. The summed E-state index contributed by atoms with van der Waals surface area (Å²) < 4.78 is 10.2. The molecule has 0 spiro atoms. The predicted molar refractivity (Wildman–Crippen MR) is 114 cm³/mol. The van der Waals surface area contributed by atoms with Gasteiger partial charge in [0.15, 0.2) is 0 Å². The van der Waals surface area contributed by atoms with Crippen LogP contribution in [0.15, 0.2) is 34.0 Å². The molecular weight excluding hydrogens is 490 g/mol. The molecule has 0 saturated carbocycles. The van der Waals surface area contributed by atoms with Crippen LogP contribution in [0.2, 0.25) is 0 Å². The number of carboxylic acids is 1. The van der Waals surface area contributed by atoms with E-state index in [0.29, 0.717) is 21.2 Å². The molecular formula is C19H18BrN5O7. The summed E-state index contributed by atoms with van der Waals surface area (Å²) in [7, 11) is 0. The molecule has 12 nitrogen and oxygen atoms in total. The number of rotatable bonds is 6. The van der Waals surface area contributed by atoms with Crippen molar-refractivity contribution in [3.63, 3.8) is 0 Å². The van der Waals surface area contributed by atoms with Gasteiger partial charge in [0.25, 0.3) is 5.91 Å². The minimum atomic E-state index is -2.02. The van der Waals surface area contributed by atoms with Crippen LogP contribution < -0.4 is 5.32 Å². The van der Waals surface area contributed by atoms with Crippen LogP contribution in [0.1, 0.15) is 13.8 Å². The zero-order chi connectivity index (χ0) is 23.4. The number of nitrogens with one attached hydrogen (secondary N) is 1. The number of carboxylic acid groups (broad SMARTS) is 1. The number of aromatic nitrogens is 2. The van der Waals surface area contributed by atoms with Crippen LogP contribution in [0.25, 0.3) is 11.0 Å². The van der Waals surface area contributed by atoms with E-state index < -0.39 is 36.0 Å². The highest BCUT2D eigenvalue weighted by Crippen LogP contribution is 2.29. The van der Waals surface area contributed by atoms with Crippen LogP contribution in [-0.2, 0) is 28.7 Å². The van der Waals surface area contributed by atoms with E-state index in [0.717, 1.165) is 18.7 Å². The van der Waals surface area contributed by atoms with E-state index in [9.17, 15) is 24.3 Å². The number of carbonyl (C=O) groups is 4. The van der Waals surface area contributed by atoms with E-state index in [1.54, 1.807) is 18.3 Å². The maximum Gasteiger partial charge on any atom is 0.349 e. The number of hydrogen-bond acceptors (Lipinski definition) is 10. The lowest BCUT2D eigenvalue weighted by molar-refractivity contribution is -0.182. The summed E-state index contributed by atoms with van der Waals surface area (Å²) in [6, 6.07) is 3.42. The number of nitrogens with zero attached hydrogens (tertiary/aromatic N) is 4. The summed E-state index contributed by atoms with van der Waals surface area (Å²) in [6.07, 6.45) is -0.830. The second-order valence-corrected chi connectivity index (χ2v) is 7.36. The van der Waals surface area contributed by atoms with Crippen molar-refractivity contribution in [2.45, 2.75) is 26.1 Å². The SMILES string of the molecule is CC(=O)OC(C(=O)O)C(OC(C)=O)C(=O)N1CCN=C1Nc1ccc2nccnc2c1Br. The Bertz CT molecular complexity index is 1120. The fraction of sp³-hybridized carbons (Fsp3) is 0.316. The summed E-state index contributed by atoms with van der Waals surface area (Å²) in [6.45, 7) is 2.31. The fourth-order valence-corrected chi connectivity index (χ4v) is 3.52. The molecule has 2 N–H and O–H groups in total. The molecule has 2 unspecified atom stereocenters. The molecule has 2 heterocycles. The van der Waals surface area contributed by atoms with Crippen LogP contribution in [0.3, 0.4) is 0 Å². The van der Waals surface area contributed by atoms with E-state index in [1.165, 1.54) is 6.20 Å². The summed E-state index contributed by atoms with van der Waals surface area (Å²) >= 11 is 3.45. The molecule has 0 fully saturated rings. The summed E-state index contributed by atoms with van der Waals surface area (Å²) in [5.41, 5.74) is 1.75. The first kappa shape index (κ1) is 23.1. The average Bonchev–Trinajstić information content (AvgIpc) is 3.20. The predicted octanol–water partition coefficient (Wildman–Crippen LogP) is 0.950. The number of fused-ring (bicyclic) bond motifs is 1. The first-order valence-corrected chi connectivity index (χ1v) is 10.1. The summed E-state index contributed by atoms with van der Waals surface area (Å²) in [5.74, 6) is -4.31. The van der Waals surface area contributed by atoms with Gasteiger partial charge in [-0.15, -0.1) is 0 Å². The number of hydrogen-bond donors (Lipinski definition) is 2. The Morgan fingerprint density at radius 1 is 1.09 bits per heavy atom. The lowest BCUT2D eigenvalue weighted by Gasteiger charge is -2.27. The van der Waals surface area contributed by atoms with Gasteiger partial charge in [-0.25, -0.2) is 4.79 Å². The van der Waals surface area contributed by atoms with Gasteiger partial charge in [-0.2, -0.15) is 0 Å². The second kappa shape index (κ2) is 9.68. The molecule has 32 heavy (non-hydrogen) atoms. The van der Waals surface area contributed by atoms with Gasteiger partial charge >= 0.3 is 17.9 Å². The number of benzene rings is 1. The Kier molecular flexibility index (Phi) is 6.98. The van der Waals surface area contributed by atoms with Crippen molar-refractivity contribution in [2.24, 2.45) is 4.99 Å². The largest absolute Gasteiger partial charge is 0.478 e. The molecule has 1 aliphatic rings. The smallest absolute Gasteiger partial charge is 0.349 e. The summed E-state index contributed by atoms with van der Waals surface area (Å²) in [4.78, 5) is 61.5. The van der Waals surface area contributed by atoms with Crippen LogP contribution in [0.4, 0.5) is 5.69 Å². The quantitative estimate of drug-likeness (QED) is 0.538. The third-order valence-corrected chi connectivity index (χ3v) is 5.08. The van der Waals surface area contributed by atoms with Crippen molar-refractivity contribution < 1.29 is 33.8 Å². The van der Waals surface area contributed by atoms with Gasteiger partial charge in [-0.1, -0.05) is 0 Å². The van der Waals surface area contributed by atoms with Crippen LogP contribution >= 0.6 is 15.9 Å². The van der Waals surface area contributed by atoms with E-state index in [-0.39, 0.29) is 19.0 Å². The van der Waals surface area contributed by atoms with Gasteiger partial charge in [-0.3, -0.25) is 34.2 Å². The van der Waals surface area contributed by atoms with E-state index in [1.807, 2.05) is 0 Å². The van der Waals surface area contributed by atoms with Gasteiger partial charge in [0.2, 0.25) is 18.2 Å². The minimum Gasteiger partial charge on any atom is -0.478 e. The number of aliphatic carboxylic acids is 1. The molecule has 0 aliphatic carbocycles. The molecule has 1 aromatic heterocycles. The number of halogens is 1. The van der Waals surface area contributed by atoms with E-state index in [4.69, 9.17) is 9.47 Å². The Morgan fingerprint density at radius 2 is 1.75 bits per heavy atom. The molecule has 1 aromatic carbocycles. The van der Waals surface area contributed by atoms with Crippen molar-refractivity contribution in [1.29, 1.82) is 0 Å². The lowest BCUT2D eigenvalue weighted by Crippen LogP contribution is -2.53. The zero-order valence-corrected chi connectivity index (χ0v) is 18.5. The van der Waals surface area contributed by atoms with Crippen LogP contribution in [0, 0.1) is 0 Å². The topological polar surface area (TPSA) is 160 Å². The van der Waals surface area contributed by atoms with Crippen molar-refractivity contribution in [3.8, 4) is 0 Å². The van der Waals surface area contributed by atoms with Gasteiger partial charge in [0, 0.05) is 32.8 Å². The van der Waals surface area contributed by atoms with Crippen molar-refractivity contribution in [2.75, 3.05) is 18.4 Å². The number of ether oxygens (including phenoxy) is 2. The fourth-order valence-electron chi connectivity index (χ4n) is 2.98. The Hall–Kier alpha value is -3.61. The third kappa shape index (κ3) is 4.99. The Labute approximate surface area is 189 Å². The maximum atomic E-state index is 13.1. The maximum absolute atomic E-state index is 13.1. The molecule has 168 valence electrons. The molecule has 2 atom stereocenters. The molecule has 1 amide bonds. The molecule has 0 radical (unpaired) electrons. The standard InChI is InChI=1S/C19H18BrN5O7/c1-9(26)31-15(16(18(29)30)32-10(2)27)17(28)25-8-7-23-19(25)24-11-3-4-12-14(13(11)20)22-6-5-21-12/h3-6,15-16H,7-8H2,1-2H3,(H,23,24)(H,29,30). The highest BCUT2D eigenvalue weighted by atomic mass is 79.9. The summed E-state index contributed by atoms with van der Waals surface area (Å²) in [5, 5.41) is 12.4. The van der Waals surface area contributed by atoms with Gasteiger partial charge < -0.3 is 19.9 Å².